The van der Waals surface area contributed by atoms with E-state index < -0.39 is 6.10 Å². The van der Waals surface area contributed by atoms with E-state index in [1.807, 2.05) is 30.3 Å². The van der Waals surface area contributed by atoms with Crippen molar-refractivity contribution in [2.75, 3.05) is 26.2 Å². The molecule has 2 N–H and O–H groups in total. The highest BCUT2D eigenvalue weighted by molar-refractivity contribution is 5.31. The Morgan fingerprint density at radius 1 is 0.958 bits per heavy atom. The third-order valence-electron chi connectivity index (χ3n) is 4.56. The minimum absolute atomic E-state index is 0.0555. The number of likely N-dealkylation sites (tertiary alicyclic amines) is 1. The van der Waals surface area contributed by atoms with Gasteiger partial charge in [-0.1, -0.05) is 42.5 Å². The summed E-state index contributed by atoms with van der Waals surface area (Å²) in [4.78, 5) is 2.31. The van der Waals surface area contributed by atoms with Gasteiger partial charge in [0.15, 0.2) is 0 Å². The van der Waals surface area contributed by atoms with Gasteiger partial charge in [-0.25, -0.2) is 4.39 Å². The first-order valence-electron chi connectivity index (χ1n) is 8.66. The average Bonchev–Trinajstić information content (AvgIpc) is 3.10. The highest BCUT2D eigenvalue weighted by atomic mass is 19.1. The Bertz CT molecular complexity index is 611. The van der Waals surface area contributed by atoms with Crippen molar-refractivity contribution in [1.29, 1.82) is 0 Å². The molecule has 2 atom stereocenters. The maximum absolute atomic E-state index is 13.2. The second kappa shape index (κ2) is 8.38. The minimum Gasteiger partial charge on any atom is -0.390 e. The molecule has 0 bridgehead atoms. The summed E-state index contributed by atoms with van der Waals surface area (Å²) in [5, 5.41) is 13.8. The molecule has 0 aliphatic carbocycles. The molecule has 3 nitrogen and oxygen atoms in total. The highest BCUT2D eigenvalue weighted by Crippen LogP contribution is 2.22. The van der Waals surface area contributed by atoms with Crippen LogP contribution < -0.4 is 5.32 Å². The van der Waals surface area contributed by atoms with Crippen LogP contribution in [-0.4, -0.2) is 42.3 Å². The van der Waals surface area contributed by atoms with Crippen LogP contribution in [0.2, 0.25) is 0 Å². The van der Waals surface area contributed by atoms with Crippen LogP contribution in [0.15, 0.2) is 54.6 Å². The van der Waals surface area contributed by atoms with Crippen LogP contribution >= 0.6 is 0 Å². The van der Waals surface area contributed by atoms with Gasteiger partial charge >= 0.3 is 0 Å². The van der Waals surface area contributed by atoms with Crippen LogP contribution in [-0.2, 0) is 0 Å². The first kappa shape index (κ1) is 17.1. The van der Waals surface area contributed by atoms with E-state index in [4.69, 9.17) is 0 Å². The Kier molecular flexibility index (Phi) is 5.96. The second-order valence-corrected chi connectivity index (χ2v) is 6.47. The summed E-state index contributed by atoms with van der Waals surface area (Å²) >= 11 is 0. The van der Waals surface area contributed by atoms with Gasteiger partial charge < -0.3 is 15.3 Å². The van der Waals surface area contributed by atoms with E-state index >= 15 is 0 Å². The Hall–Kier alpha value is -1.75. The lowest BCUT2D eigenvalue weighted by atomic mass is 9.98. The molecule has 0 spiro atoms. The van der Waals surface area contributed by atoms with E-state index in [1.54, 1.807) is 12.1 Å². The second-order valence-electron chi connectivity index (χ2n) is 6.47. The van der Waals surface area contributed by atoms with Gasteiger partial charge in [0.05, 0.1) is 12.1 Å². The quantitative estimate of drug-likeness (QED) is 0.820. The third-order valence-corrected chi connectivity index (χ3v) is 4.56. The molecule has 2 aromatic carbocycles. The number of aliphatic hydroxyl groups excluding tert-OH is 1. The number of hydrogen-bond donors (Lipinski definition) is 2. The van der Waals surface area contributed by atoms with Gasteiger partial charge in [0.2, 0.25) is 0 Å². The Balaban J connectivity index is 1.67. The lowest BCUT2D eigenvalue weighted by Gasteiger charge is -2.24. The summed E-state index contributed by atoms with van der Waals surface area (Å²) in [7, 11) is 0. The summed E-state index contributed by atoms with van der Waals surface area (Å²) in [5.41, 5.74) is 2.11. The molecule has 1 fully saturated rings. The molecule has 24 heavy (non-hydrogen) atoms. The van der Waals surface area contributed by atoms with Gasteiger partial charge in [0.25, 0.3) is 0 Å². The summed E-state index contributed by atoms with van der Waals surface area (Å²) < 4.78 is 13.2. The van der Waals surface area contributed by atoms with Gasteiger partial charge in [-0.3, -0.25) is 0 Å². The van der Waals surface area contributed by atoms with Crippen LogP contribution in [0, 0.1) is 5.82 Å². The van der Waals surface area contributed by atoms with E-state index in [1.165, 1.54) is 25.0 Å². The van der Waals surface area contributed by atoms with Gasteiger partial charge in [0, 0.05) is 13.1 Å². The van der Waals surface area contributed by atoms with E-state index in [2.05, 4.69) is 10.2 Å². The van der Waals surface area contributed by atoms with E-state index in [-0.39, 0.29) is 11.9 Å². The minimum atomic E-state index is -0.408. The summed E-state index contributed by atoms with van der Waals surface area (Å²) in [6.45, 7) is 3.37. The lowest BCUT2D eigenvalue weighted by Crippen LogP contribution is -2.38. The number of nitrogens with zero attached hydrogens (tertiary/aromatic N) is 1. The maximum Gasteiger partial charge on any atom is 0.123 e. The molecule has 0 radical (unpaired) electrons. The maximum atomic E-state index is 13.2. The van der Waals surface area contributed by atoms with Crippen molar-refractivity contribution in [1.82, 2.24) is 10.2 Å². The Morgan fingerprint density at radius 2 is 1.58 bits per heavy atom. The largest absolute Gasteiger partial charge is 0.390 e. The number of hydrogen-bond acceptors (Lipinski definition) is 3. The molecule has 1 saturated heterocycles. The molecule has 1 aliphatic heterocycles. The molecule has 0 amide bonds. The fraction of sp³-hybridized carbons (Fsp3) is 0.400. The summed E-state index contributed by atoms with van der Waals surface area (Å²) in [6, 6.07) is 16.6. The van der Waals surface area contributed by atoms with Crippen molar-refractivity contribution in [2.45, 2.75) is 25.0 Å². The highest BCUT2D eigenvalue weighted by Gasteiger charge is 2.18. The molecule has 3 rings (SSSR count). The van der Waals surface area contributed by atoms with Crippen molar-refractivity contribution in [3.63, 3.8) is 0 Å². The van der Waals surface area contributed by atoms with Crippen LogP contribution in [0.1, 0.15) is 30.0 Å². The van der Waals surface area contributed by atoms with Crippen molar-refractivity contribution in [3.8, 4) is 0 Å². The van der Waals surface area contributed by atoms with E-state index in [0.717, 1.165) is 24.2 Å². The monoisotopic (exact) mass is 328 g/mol. The van der Waals surface area contributed by atoms with Crippen molar-refractivity contribution in [3.05, 3.63) is 71.5 Å². The van der Waals surface area contributed by atoms with Crippen molar-refractivity contribution >= 4 is 0 Å². The fourth-order valence-electron chi connectivity index (χ4n) is 3.31. The molecule has 1 heterocycles. The SMILES string of the molecule is OC(CNC(c1ccccc1)c1ccc(F)cc1)CN1CCCC1. The summed E-state index contributed by atoms with van der Waals surface area (Å²) in [6.07, 6.45) is 2.04. The molecule has 4 heteroatoms. The van der Waals surface area contributed by atoms with E-state index in [0.29, 0.717) is 13.1 Å². The molecule has 2 aromatic rings. The van der Waals surface area contributed by atoms with Gasteiger partial charge in [-0.2, -0.15) is 0 Å². The normalized spacial score (nSPS) is 17.8. The molecule has 128 valence electrons. The van der Waals surface area contributed by atoms with Crippen molar-refractivity contribution in [2.24, 2.45) is 0 Å². The van der Waals surface area contributed by atoms with Gasteiger partial charge in [-0.15, -0.1) is 0 Å². The van der Waals surface area contributed by atoms with Crippen molar-refractivity contribution < 1.29 is 9.50 Å². The average molecular weight is 328 g/mol. The molecule has 1 aliphatic rings. The zero-order valence-corrected chi connectivity index (χ0v) is 13.9. The fourth-order valence-corrected chi connectivity index (χ4v) is 3.31. The lowest BCUT2D eigenvalue weighted by molar-refractivity contribution is 0.121. The molecule has 0 saturated carbocycles. The molecule has 0 aromatic heterocycles. The number of β-amino-alcohol motifs (C(OH)–C–C–N with tert-alkyl or cyclic N) is 1. The van der Waals surface area contributed by atoms with Gasteiger partial charge in [0.1, 0.15) is 5.82 Å². The number of halogens is 1. The first-order valence-corrected chi connectivity index (χ1v) is 8.66. The topological polar surface area (TPSA) is 35.5 Å². The Labute approximate surface area is 143 Å². The zero-order chi connectivity index (χ0) is 16.8. The number of rotatable bonds is 7. The standard InChI is InChI=1S/C20H25FN2O/c21-18-10-8-17(9-11-18)20(16-6-2-1-3-7-16)22-14-19(24)15-23-12-4-5-13-23/h1-3,6-11,19-20,22,24H,4-5,12-15H2. The van der Waals surface area contributed by atoms with Crippen LogP contribution in [0.5, 0.6) is 0 Å². The third kappa shape index (κ3) is 4.63. The van der Waals surface area contributed by atoms with Crippen LogP contribution in [0.3, 0.4) is 0 Å². The van der Waals surface area contributed by atoms with Crippen LogP contribution in [0.4, 0.5) is 4.39 Å². The predicted octanol–water partition coefficient (Wildman–Crippen LogP) is 2.96. The van der Waals surface area contributed by atoms with Crippen LogP contribution in [0.25, 0.3) is 0 Å². The molecular weight excluding hydrogens is 303 g/mol. The Morgan fingerprint density at radius 3 is 2.25 bits per heavy atom. The molecule has 2 unspecified atom stereocenters. The van der Waals surface area contributed by atoms with Gasteiger partial charge in [-0.05, 0) is 49.2 Å². The predicted molar refractivity (Wildman–Crippen MR) is 94.4 cm³/mol. The smallest absolute Gasteiger partial charge is 0.123 e. The zero-order valence-electron chi connectivity index (χ0n) is 13.9. The number of nitrogens with one attached hydrogen (secondary N) is 1. The number of benzene rings is 2. The van der Waals surface area contributed by atoms with E-state index in [9.17, 15) is 9.50 Å². The first-order chi connectivity index (χ1) is 11.7. The molecular formula is C20H25FN2O. The summed E-state index contributed by atoms with van der Waals surface area (Å²) in [5.74, 6) is -0.236. The number of aliphatic hydroxyl groups is 1.